The standard InChI is InChI=1S/C20H24N4O/c1-15-13-23-12-4-5-17(23)14-24(15)20(25)22-19-7-3-2-6-18(19)16-8-10-21-11-9-16/h2-3,6-11,15,17H,4-5,12-14H2,1H3,(H,22,25)/t15-,17-/m1/s1. The number of aromatic nitrogens is 1. The number of para-hydroxylation sites is 1. The van der Waals surface area contributed by atoms with Crippen molar-refractivity contribution in [2.24, 2.45) is 0 Å². The van der Waals surface area contributed by atoms with E-state index in [0.29, 0.717) is 6.04 Å². The summed E-state index contributed by atoms with van der Waals surface area (Å²) in [5, 5.41) is 3.14. The van der Waals surface area contributed by atoms with E-state index in [1.807, 2.05) is 41.3 Å². The molecule has 5 heteroatoms. The van der Waals surface area contributed by atoms with E-state index in [1.54, 1.807) is 12.4 Å². The fourth-order valence-corrected chi connectivity index (χ4v) is 4.03. The number of piperazine rings is 1. The molecule has 0 aliphatic carbocycles. The predicted molar refractivity (Wildman–Crippen MR) is 99.5 cm³/mol. The minimum Gasteiger partial charge on any atom is -0.319 e. The van der Waals surface area contributed by atoms with Gasteiger partial charge in [0.05, 0.1) is 5.69 Å². The van der Waals surface area contributed by atoms with Crippen LogP contribution in [0.15, 0.2) is 48.8 Å². The number of carbonyl (C=O) groups is 1. The van der Waals surface area contributed by atoms with Crippen molar-refractivity contribution in [3.8, 4) is 11.1 Å². The number of fused-ring (bicyclic) bond motifs is 1. The summed E-state index contributed by atoms with van der Waals surface area (Å²) in [6.45, 7) is 5.12. The number of nitrogens with one attached hydrogen (secondary N) is 1. The number of hydrogen-bond acceptors (Lipinski definition) is 3. The minimum atomic E-state index is 0.000515. The molecule has 2 fully saturated rings. The van der Waals surface area contributed by atoms with Crippen LogP contribution in [-0.4, -0.2) is 52.5 Å². The van der Waals surface area contributed by atoms with Gasteiger partial charge < -0.3 is 10.2 Å². The van der Waals surface area contributed by atoms with E-state index in [-0.39, 0.29) is 12.1 Å². The quantitative estimate of drug-likeness (QED) is 0.914. The number of urea groups is 1. The molecule has 1 aromatic heterocycles. The van der Waals surface area contributed by atoms with Gasteiger partial charge >= 0.3 is 6.03 Å². The number of pyridine rings is 1. The Morgan fingerprint density at radius 2 is 1.96 bits per heavy atom. The van der Waals surface area contributed by atoms with Crippen LogP contribution in [0, 0.1) is 0 Å². The lowest BCUT2D eigenvalue weighted by molar-refractivity contribution is 0.0861. The predicted octanol–water partition coefficient (Wildman–Crippen LogP) is 3.45. The maximum atomic E-state index is 12.9. The summed E-state index contributed by atoms with van der Waals surface area (Å²) in [5.74, 6) is 0. The summed E-state index contributed by atoms with van der Waals surface area (Å²) in [5.41, 5.74) is 2.92. The maximum absolute atomic E-state index is 12.9. The Morgan fingerprint density at radius 1 is 1.16 bits per heavy atom. The number of benzene rings is 1. The van der Waals surface area contributed by atoms with Crippen molar-refractivity contribution in [2.45, 2.75) is 31.8 Å². The van der Waals surface area contributed by atoms with E-state index < -0.39 is 0 Å². The molecule has 2 saturated heterocycles. The Kier molecular flexibility index (Phi) is 4.40. The van der Waals surface area contributed by atoms with Crippen LogP contribution in [0.2, 0.25) is 0 Å². The van der Waals surface area contributed by atoms with Gasteiger partial charge in [0, 0.05) is 43.1 Å². The highest BCUT2D eigenvalue weighted by Gasteiger charge is 2.36. The highest BCUT2D eigenvalue weighted by Crippen LogP contribution is 2.29. The minimum absolute atomic E-state index is 0.000515. The Hall–Kier alpha value is -2.40. The molecule has 1 N–H and O–H groups in total. The molecule has 2 aromatic rings. The first-order chi connectivity index (χ1) is 12.2. The normalized spacial score (nSPS) is 23.3. The Balaban J connectivity index is 1.53. The van der Waals surface area contributed by atoms with E-state index in [2.05, 4.69) is 22.1 Å². The lowest BCUT2D eigenvalue weighted by atomic mass is 10.0. The molecular weight excluding hydrogens is 312 g/mol. The van der Waals surface area contributed by atoms with E-state index >= 15 is 0 Å². The van der Waals surface area contributed by atoms with Gasteiger partial charge in [-0.25, -0.2) is 4.79 Å². The zero-order chi connectivity index (χ0) is 17.2. The summed E-state index contributed by atoms with van der Waals surface area (Å²) < 4.78 is 0. The van der Waals surface area contributed by atoms with Gasteiger partial charge in [-0.3, -0.25) is 9.88 Å². The van der Waals surface area contributed by atoms with Crippen LogP contribution < -0.4 is 5.32 Å². The third-order valence-corrected chi connectivity index (χ3v) is 5.36. The summed E-state index contributed by atoms with van der Waals surface area (Å²) in [7, 11) is 0. The summed E-state index contributed by atoms with van der Waals surface area (Å²) >= 11 is 0. The molecule has 5 nitrogen and oxygen atoms in total. The monoisotopic (exact) mass is 336 g/mol. The first-order valence-corrected chi connectivity index (χ1v) is 9.03. The second-order valence-corrected chi connectivity index (χ2v) is 7.00. The fourth-order valence-electron chi connectivity index (χ4n) is 4.03. The number of amides is 2. The van der Waals surface area contributed by atoms with Crippen molar-refractivity contribution >= 4 is 11.7 Å². The van der Waals surface area contributed by atoms with Crippen LogP contribution in [0.1, 0.15) is 19.8 Å². The summed E-state index contributed by atoms with van der Waals surface area (Å²) in [4.78, 5) is 21.5. The smallest absolute Gasteiger partial charge is 0.319 e. The average Bonchev–Trinajstić information content (AvgIpc) is 3.09. The van der Waals surface area contributed by atoms with Gasteiger partial charge in [-0.1, -0.05) is 18.2 Å². The zero-order valence-corrected chi connectivity index (χ0v) is 14.6. The van der Waals surface area contributed by atoms with Crippen LogP contribution in [-0.2, 0) is 0 Å². The van der Waals surface area contributed by atoms with E-state index in [0.717, 1.165) is 29.9 Å². The largest absolute Gasteiger partial charge is 0.322 e. The van der Waals surface area contributed by atoms with Crippen LogP contribution in [0.5, 0.6) is 0 Å². The van der Waals surface area contributed by atoms with Gasteiger partial charge in [-0.05, 0) is 50.1 Å². The SMILES string of the molecule is C[C@@H]1CN2CCC[C@@H]2CN1C(=O)Nc1ccccc1-c1ccncc1. The molecule has 25 heavy (non-hydrogen) atoms. The van der Waals surface area contributed by atoms with E-state index in [9.17, 15) is 4.79 Å². The van der Waals surface area contributed by atoms with Gasteiger partial charge in [0.1, 0.15) is 0 Å². The van der Waals surface area contributed by atoms with Gasteiger partial charge in [0.2, 0.25) is 0 Å². The molecule has 0 unspecified atom stereocenters. The highest BCUT2D eigenvalue weighted by molar-refractivity contribution is 5.94. The molecule has 2 aliphatic heterocycles. The second-order valence-electron chi connectivity index (χ2n) is 7.00. The lowest BCUT2D eigenvalue weighted by Crippen LogP contribution is -2.57. The third kappa shape index (κ3) is 3.24. The molecule has 0 bridgehead atoms. The van der Waals surface area contributed by atoms with Crippen LogP contribution >= 0.6 is 0 Å². The molecule has 0 spiro atoms. The van der Waals surface area contributed by atoms with Gasteiger partial charge in [-0.15, -0.1) is 0 Å². The van der Waals surface area contributed by atoms with Crippen molar-refractivity contribution < 1.29 is 4.79 Å². The van der Waals surface area contributed by atoms with Crippen molar-refractivity contribution in [3.63, 3.8) is 0 Å². The fraction of sp³-hybridized carbons (Fsp3) is 0.400. The van der Waals surface area contributed by atoms with Gasteiger partial charge in [0.15, 0.2) is 0 Å². The molecule has 4 rings (SSSR count). The van der Waals surface area contributed by atoms with Crippen molar-refractivity contribution in [1.82, 2.24) is 14.8 Å². The summed E-state index contributed by atoms with van der Waals surface area (Å²) in [6.07, 6.45) is 5.99. The Morgan fingerprint density at radius 3 is 2.80 bits per heavy atom. The number of hydrogen-bond donors (Lipinski definition) is 1. The third-order valence-electron chi connectivity index (χ3n) is 5.36. The topological polar surface area (TPSA) is 48.5 Å². The Bertz CT molecular complexity index is 748. The highest BCUT2D eigenvalue weighted by atomic mass is 16.2. The first kappa shape index (κ1) is 16.1. The summed E-state index contributed by atoms with van der Waals surface area (Å²) in [6, 6.07) is 12.6. The van der Waals surface area contributed by atoms with Crippen molar-refractivity contribution in [2.75, 3.05) is 25.0 Å². The zero-order valence-electron chi connectivity index (χ0n) is 14.6. The van der Waals surface area contributed by atoms with Crippen molar-refractivity contribution in [1.29, 1.82) is 0 Å². The number of anilines is 1. The first-order valence-electron chi connectivity index (χ1n) is 9.03. The number of carbonyl (C=O) groups excluding carboxylic acids is 1. The molecule has 2 atom stereocenters. The van der Waals surface area contributed by atoms with E-state index in [1.165, 1.54) is 19.4 Å². The second kappa shape index (κ2) is 6.84. The van der Waals surface area contributed by atoms with Crippen LogP contribution in [0.4, 0.5) is 10.5 Å². The molecule has 2 aliphatic rings. The van der Waals surface area contributed by atoms with E-state index in [4.69, 9.17) is 0 Å². The van der Waals surface area contributed by atoms with Gasteiger partial charge in [-0.2, -0.15) is 0 Å². The number of rotatable bonds is 2. The number of nitrogens with zero attached hydrogens (tertiary/aromatic N) is 3. The van der Waals surface area contributed by atoms with Gasteiger partial charge in [0.25, 0.3) is 0 Å². The average molecular weight is 336 g/mol. The molecular formula is C20H24N4O. The van der Waals surface area contributed by atoms with Crippen LogP contribution in [0.25, 0.3) is 11.1 Å². The molecule has 1 aromatic carbocycles. The molecule has 130 valence electrons. The maximum Gasteiger partial charge on any atom is 0.322 e. The molecule has 2 amide bonds. The molecule has 3 heterocycles. The Labute approximate surface area is 148 Å². The molecule has 0 saturated carbocycles. The van der Waals surface area contributed by atoms with Crippen molar-refractivity contribution in [3.05, 3.63) is 48.8 Å². The lowest BCUT2D eigenvalue weighted by Gasteiger charge is -2.42. The van der Waals surface area contributed by atoms with Crippen LogP contribution in [0.3, 0.4) is 0 Å². The molecule has 0 radical (unpaired) electrons.